The lowest BCUT2D eigenvalue weighted by Crippen LogP contribution is -2.35. The van der Waals surface area contributed by atoms with E-state index < -0.39 is 4.92 Å². The Morgan fingerprint density at radius 2 is 2.03 bits per heavy atom. The van der Waals surface area contributed by atoms with E-state index in [0.717, 1.165) is 30.6 Å². The monoisotopic (exact) mass is 416 g/mol. The highest BCUT2D eigenvalue weighted by atomic mass is 32.1. The van der Waals surface area contributed by atoms with Crippen LogP contribution in [0.4, 0.5) is 11.4 Å². The van der Waals surface area contributed by atoms with Crippen molar-refractivity contribution in [3.63, 3.8) is 0 Å². The molecule has 1 fully saturated rings. The van der Waals surface area contributed by atoms with E-state index in [1.165, 1.54) is 23.5 Å². The SMILES string of the molecule is Cc1ccc([N+](=O)[O-])cc1NC(=O)CCN1CCCN(C(=O)c2ccsc2)CC1. The van der Waals surface area contributed by atoms with Crippen LogP contribution in [0.25, 0.3) is 0 Å². The fraction of sp³-hybridized carbons (Fsp3) is 0.400. The molecule has 29 heavy (non-hydrogen) atoms. The van der Waals surface area contributed by atoms with Crippen molar-refractivity contribution in [1.82, 2.24) is 9.80 Å². The maximum atomic E-state index is 12.5. The number of non-ortho nitro benzene ring substituents is 1. The maximum absolute atomic E-state index is 12.5. The van der Waals surface area contributed by atoms with Crippen molar-refractivity contribution >= 4 is 34.5 Å². The van der Waals surface area contributed by atoms with E-state index in [1.54, 1.807) is 13.0 Å². The second kappa shape index (κ2) is 9.62. The highest BCUT2D eigenvalue weighted by molar-refractivity contribution is 7.08. The molecule has 0 radical (unpaired) electrons. The maximum Gasteiger partial charge on any atom is 0.271 e. The number of carbonyl (C=O) groups excluding carboxylic acids is 2. The van der Waals surface area contributed by atoms with Crippen molar-refractivity contribution in [2.75, 3.05) is 38.0 Å². The Balaban J connectivity index is 1.49. The fourth-order valence-electron chi connectivity index (χ4n) is 3.30. The molecule has 154 valence electrons. The van der Waals surface area contributed by atoms with Gasteiger partial charge in [0.05, 0.1) is 16.2 Å². The highest BCUT2D eigenvalue weighted by Crippen LogP contribution is 2.22. The van der Waals surface area contributed by atoms with Crippen LogP contribution in [0, 0.1) is 17.0 Å². The molecule has 1 saturated heterocycles. The number of aryl methyl sites for hydroxylation is 1. The first-order valence-corrected chi connectivity index (χ1v) is 10.5. The summed E-state index contributed by atoms with van der Waals surface area (Å²) in [6.45, 7) is 5.29. The third kappa shape index (κ3) is 5.61. The lowest BCUT2D eigenvalue weighted by atomic mass is 10.1. The number of anilines is 1. The minimum Gasteiger partial charge on any atom is -0.337 e. The Bertz CT molecular complexity index is 885. The van der Waals surface area contributed by atoms with E-state index in [9.17, 15) is 19.7 Å². The summed E-state index contributed by atoms with van der Waals surface area (Å²) in [5.41, 5.74) is 1.93. The predicted molar refractivity (Wildman–Crippen MR) is 112 cm³/mol. The average molecular weight is 417 g/mol. The Morgan fingerprint density at radius 1 is 1.21 bits per heavy atom. The van der Waals surface area contributed by atoms with Gasteiger partial charge in [-0.15, -0.1) is 0 Å². The summed E-state index contributed by atoms with van der Waals surface area (Å²) in [4.78, 5) is 39.3. The number of nitrogens with zero attached hydrogens (tertiary/aromatic N) is 3. The van der Waals surface area contributed by atoms with E-state index in [2.05, 4.69) is 10.2 Å². The van der Waals surface area contributed by atoms with E-state index in [0.29, 0.717) is 31.7 Å². The molecule has 1 aromatic heterocycles. The summed E-state index contributed by atoms with van der Waals surface area (Å²) in [7, 11) is 0. The normalized spacial score (nSPS) is 15.0. The topological polar surface area (TPSA) is 95.8 Å². The lowest BCUT2D eigenvalue weighted by molar-refractivity contribution is -0.384. The quantitative estimate of drug-likeness (QED) is 0.576. The van der Waals surface area contributed by atoms with Crippen LogP contribution >= 0.6 is 11.3 Å². The number of benzene rings is 1. The summed E-state index contributed by atoms with van der Waals surface area (Å²) < 4.78 is 0. The van der Waals surface area contributed by atoms with Gasteiger partial charge in [-0.1, -0.05) is 6.07 Å². The molecule has 2 amide bonds. The van der Waals surface area contributed by atoms with Crippen LogP contribution in [0.3, 0.4) is 0 Å². The molecular weight excluding hydrogens is 392 g/mol. The van der Waals surface area contributed by atoms with E-state index in [-0.39, 0.29) is 17.5 Å². The smallest absolute Gasteiger partial charge is 0.271 e. The zero-order valence-corrected chi connectivity index (χ0v) is 17.1. The first-order valence-electron chi connectivity index (χ1n) is 9.53. The lowest BCUT2D eigenvalue weighted by Gasteiger charge is -2.21. The van der Waals surface area contributed by atoms with E-state index in [4.69, 9.17) is 0 Å². The van der Waals surface area contributed by atoms with Gasteiger partial charge in [-0.25, -0.2) is 0 Å². The molecule has 1 aliphatic rings. The molecule has 3 rings (SSSR count). The summed E-state index contributed by atoms with van der Waals surface area (Å²) >= 11 is 1.51. The Labute approximate surface area is 173 Å². The molecule has 0 spiro atoms. The predicted octanol–water partition coefficient (Wildman–Crippen LogP) is 3.14. The zero-order valence-electron chi connectivity index (χ0n) is 16.3. The molecule has 2 aromatic rings. The summed E-state index contributed by atoms with van der Waals surface area (Å²) in [6, 6.07) is 6.27. The van der Waals surface area contributed by atoms with E-state index >= 15 is 0 Å². The average Bonchev–Trinajstić information content (AvgIpc) is 3.13. The number of carbonyl (C=O) groups is 2. The number of nitrogens with one attached hydrogen (secondary N) is 1. The van der Waals surface area contributed by atoms with Gasteiger partial charge < -0.3 is 15.1 Å². The summed E-state index contributed by atoms with van der Waals surface area (Å²) in [5.74, 6) is -0.115. The van der Waals surface area contributed by atoms with Gasteiger partial charge in [0.25, 0.3) is 11.6 Å². The Kier molecular flexibility index (Phi) is 6.95. The van der Waals surface area contributed by atoms with Gasteiger partial charge in [0.2, 0.25) is 5.91 Å². The summed E-state index contributed by atoms with van der Waals surface area (Å²) in [5, 5.41) is 17.5. The molecule has 0 aliphatic carbocycles. The number of nitro benzene ring substituents is 1. The van der Waals surface area contributed by atoms with Crippen molar-refractivity contribution in [2.24, 2.45) is 0 Å². The second-order valence-corrected chi connectivity index (χ2v) is 7.83. The van der Waals surface area contributed by atoms with Gasteiger partial charge >= 0.3 is 0 Å². The highest BCUT2D eigenvalue weighted by Gasteiger charge is 2.21. The van der Waals surface area contributed by atoms with Crippen molar-refractivity contribution in [2.45, 2.75) is 19.8 Å². The molecule has 1 N–H and O–H groups in total. The number of hydrogen-bond acceptors (Lipinski definition) is 6. The molecule has 1 aliphatic heterocycles. The van der Waals surface area contributed by atoms with Gasteiger partial charge in [0.1, 0.15) is 0 Å². The first-order chi connectivity index (χ1) is 13.9. The third-order valence-electron chi connectivity index (χ3n) is 5.01. The van der Waals surface area contributed by atoms with Crippen molar-refractivity contribution < 1.29 is 14.5 Å². The number of thiophene rings is 1. The van der Waals surface area contributed by atoms with Crippen LogP contribution < -0.4 is 5.32 Å². The summed E-state index contributed by atoms with van der Waals surface area (Å²) in [6.07, 6.45) is 1.15. The molecule has 0 saturated carbocycles. The fourth-order valence-corrected chi connectivity index (χ4v) is 3.93. The zero-order chi connectivity index (χ0) is 20.8. The van der Waals surface area contributed by atoms with Crippen LogP contribution in [-0.2, 0) is 4.79 Å². The molecule has 2 heterocycles. The van der Waals surface area contributed by atoms with E-state index in [1.807, 2.05) is 21.7 Å². The molecule has 8 nitrogen and oxygen atoms in total. The van der Waals surface area contributed by atoms with Crippen LogP contribution in [-0.4, -0.2) is 59.3 Å². The van der Waals surface area contributed by atoms with Crippen molar-refractivity contribution in [3.8, 4) is 0 Å². The standard InChI is InChI=1S/C20H24N4O4S/c1-15-3-4-17(24(27)28)13-18(15)21-19(25)5-9-22-7-2-8-23(11-10-22)20(26)16-6-12-29-14-16/h3-4,6,12-14H,2,5,7-11H2,1H3,(H,21,25). The van der Waals surface area contributed by atoms with Crippen LogP contribution in [0.15, 0.2) is 35.0 Å². The molecular formula is C20H24N4O4S. The molecule has 9 heteroatoms. The largest absolute Gasteiger partial charge is 0.337 e. The Hall–Kier alpha value is -2.78. The van der Waals surface area contributed by atoms with Gasteiger partial charge in [-0.2, -0.15) is 11.3 Å². The number of nitro groups is 1. The first kappa shape index (κ1) is 20.9. The molecule has 0 atom stereocenters. The van der Waals surface area contributed by atoms with Crippen molar-refractivity contribution in [3.05, 3.63) is 56.3 Å². The van der Waals surface area contributed by atoms with Crippen LogP contribution in [0.1, 0.15) is 28.8 Å². The number of rotatable bonds is 6. The Morgan fingerprint density at radius 3 is 2.76 bits per heavy atom. The molecule has 1 aromatic carbocycles. The van der Waals surface area contributed by atoms with Gasteiger partial charge in [-0.05, 0) is 36.9 Å². The number of hydrogen-bond donors (Lipinski definition) is 1. The van der Waals surface area contributed by atoms with Gasteiger partial charge in [-0.3, -0.25) is 19.7 Å². The van der Waals surface area contributed by atoms with Crippen molar-refractivity contribution in [1.29, 1.82) is 0 Å². The van der Waals surface area contributed by atoms with Gasteiger partial charge in [0, 0.05) is 50.1 Å². The van der Waals surface area contributed by atoms with Crippen LogP contribution in [0.2, 0.25) is 0 Å². The second-order valence-electron chi connectivity index (χ2n) is 7.05. The third-order valence-corrected chi connectivity index (χ3v) is 5.69. The van der Waals surface area contributed by atoms with Gasteiger partial charge in [0.15, 0.2) is 0 Å². The van der Waals surface area contributed by atoms with Crippen LogP contribution in [0.5, 0.6) is 0 Å². The molecule has 0 bridgehead atoms. The number of amides is 2. The molecule has 0 unspecified atom stereocenters. The minimum absolute atomic E-state index is 0.0474. The minimum atomic E-state index is -0.477.